The number of fused-ring (bicyclic) bond motifs is 3. The van der Waals surface area contributed by atoms with Gasteiger partial charge in [0, 0.05) is 12.6 Å². The lowest BCUT2D eigenvalue weighted by Gasteiger charge is -2.44. The van der Waals surface area contributed by atoms with Crippen molar-refractivity contribution in [2.45, 2.75) is 18.9 Å². The second-order valence-corrected chi connectivity index (χ2v) is 7.14. The topological polar surface area (TPSA) is 58.1 Å². The Morgan fingerprint density at radius 3 is 2.74 bits per heavy atom. The van der Waals surface area contributed by atoms with Crippen molar-refractivity contribution in [3.05, 3.63) is 35.2 Å². The monoisotopic (exact) mass is 332 g/mol. The fourth-order valence-electron chi connectivity index (χ4n) is 3.37. The number of pyridine rings is 1. The van der Waals surface area contributed by atoms with E-state index in [-0.39, 0.29) is 17.8 Å². The van der Waals surface area contributed by atoms with Gasteiger partial charge >= 0.3 is 0 Å². The van der Waals surface area contributed by atoms with Gasteiger partial charge in [0.15, 0.2) is 0 Å². The molecular weight excluding hydrogens is 315 g/mol. The van der Waals surface area contributed by atoms with Gasteiger partial charge in [0.1, 0.15) is 15.7 Å². The van der Waals surface area contributed by atoms with Gasteiger partial charge in [0.05, 0.1) is 18.1 Å². The van der Waals surface area contributed by atoms with Crippen LogP contribution in [0.25, 0.3) is 10.7 Å². The molecular formula is C16H17FN4OS. The molecule has 3 saturated heterocycles. The molecule has 3 fully saturated rings. The zero-order valence-corrected chi connectivity index (χ0v) is 13.4. The van der Waals surface area contributed by atoms with Crippen LogP contribution in [0.2, 0.25) is 0 Å². The number of halogens is 1. The van der Waals surface area contributed by atoms with Gasteiger partial charge in [-0.05, 0) is 44.0 Å². The predicted octanol–water partition coefficient (Wildman–Crippen LogP) is 2.17. The number of thiazole rings is 1. The highest BCUT2D eigenvalue weighted by atomic mass is 32.1. The van der Waals surface area contributed by atoms with Crippen LogP contribution in [0.15, 0.2) is 24.5 Å². The van der Waals surface area contributed by atoms with Crippen LogP contribution in [0.4, 0.5) is 4.39 Å². The van der Waals surface area contributed by atoms with Gasteiger partial charge < -0.3 is 10.2 Å². The third-order valence-electron chi connectivity index (χ3n) is 4.65. The summed E-state index contributed by atoms with van der Waals surface area (Å²) >= 11 is 1.29. The number of rotatable bonds is 3. The van der Waals surface area contributed by atoms with E-state index >= 15 is 0 Å². The second-order valence-electron chi connectivity index (χ2n) is 6.11. The number of piperidine rings is 3. The molecule has 1 amide bonds. The molecule has 2 bridgehead atoms. The Labute approximate surface area is 137 Å². The van der Waals surface area contributed by atoms with Crippen LogP contribution in [0.3, 0.4) is 0 Å². The van der Waals surface area contributed by atoms with Crippen LogP contribution in [-0.4, -0.2) is 46.5 Å². The van der Waals surface area contributed by atoms with E-state index in [2.05, 4.69) is 20.2 Å². The standard InChI is InChI=1S/C16H17FN4OS/c17-11-1-2-12(18-7-11)16-19-8-14(23-16)15(22)20-13-9-21-5-3-10(13)4-6-21/h1-2,7-8,10,13H,3-6,9H2,(H,20,22)/t13-/m0/s1. The van der Waals surface area contributed by atoms with Crippen molar-refractivity contribution in [3.8, 4) is 10.7 Å². The van der Waals surface area contributed by atoms with Gasteiger partial charge in [0.2, 0.25) is 0 Å². The summed E-state index contributed by atoms with van der Waals surface area (Å²) in [7, 11) is 0. The minimum Gasteiger partial charge on any atom is -0.347 e. The number of carbonyl (C=O) groups is 1. The summed E-state index contributed by atoms with van der Waals surface area (Å²) in [6.07, 6.45) is 5.06. The Kier molecular flexibility index (Phi) is 3.82. The lowest BCUT2D eigenvalue weighted by atomic mass is 9.84. The minimum absolute atomic E-state index is 0.0744. The largest absolute Gasteiger partial charge is 0.347 e. The Bertz CT molecular complexity index is 709. The lowest BCUT2D eigenvalue weighted by Crippen LogP contribution is -2.57. The molecule has 7 heteroatoms. The molecule has 0 spiro atoms. The second kappa shape index (κ2) is 5.98. The fourth-order valence-corrected chi connectivity index (χ4v) is 4.16. The molecule has 5 heterocycles. The molecule has 1 atom stereocenters. The first-order valence-electron chi connectivity index (χ1n) is 7.80. The highest BCUT2D eigenvalue weighted by Crippen LogP contribution is 2.28. The number of aromatic nitrogens is 2. The van der Waals surface area contributed by atoms with Gasteiger partial charge in [-0.3, -0.25) is 9.78 Å². The lowest BCUT2D eigenvalue weighted by molar-refractivity contribution is 0.0622. The summed E-state index contributed by atoms with van der Waals surface area (Å²) < 4.78 is 12.9. The number of hydrogen-bond donors (Lipinski definition) is 1. The Balaban J connectivity index is 1.46. The molecule has 1 N–H and O–H groups in total. The summed E-state index contributed by atoms with van der Waals surface area (Å²) in [5.74, 6) is 0.135. The SMILES string of the molecule is O=C(N[C@H]1CN2CCC1CC2)c1cnc(-c2ccc(F)cn2)s1. The summed E-state index contributed by atoms with van der Waals surface area (Å²) in [5.41, 5.74) is 0.582. The van der Waals surface area contributed by atoms with Crippen LogP contribution in [0, 0.1) is 11.7 Å². The average Bonchev–Trinajstić information content (AvgIpc) is 3.07. The summed E-state index contributed by atoms with van der Waals surface area (Å²) in [4.78, 5) is 23.7. The molecule has 3 aliphatic heterocycles. The van der Waals surface area contributed by atoms with Gasteiger partial charge in [-0.25, -0.2) is 9.37 Å². The first kappa shape index (κ1) is 14.7. The van der Waals surface area contributed by atoms with Crippen LogP contribution in [0.5, 0.6) is 0 Å². The molecule has 2 aromatic heterocycles. The van der Waals surface area contributed by atoms with Crippen molar-refractivity contribution in [3.63, 3.8) is 0 Å². The van der Waals surface area contributed by atoms with Crippen LogP contribution in [-0.2, 0) is 0 Å². The van der Waals surface area contributed by atoms with Crippen LogP contribution in [0.1, 0.15) is 22.5 Å². The molecule has 0 aliphatic carbocycles. The van der Waals surface area contributed by atoms with Crippen molar-refractivity contribution >= 4 is 17.2 Å². The van der Waals surface area contributed by atoms with E-state index in [9.17, 15) is 9.18 Å². The van der Waals surface area contributed by atoms with Gasteiger partial charge in [-0.2, -0.15) is 0 Å². The first-order valence-corrected chi connectivity index (χ1v) is 8.61. The van der Waals surface area contributed by atoms with E-state index in [0.29, 0.717) is 21.5 Å². The zero-order chi connectivity index (χ0) is 15.8. The summed E-state index contributed by atoms with van der Waals surface area (Å²) in [5, 5.41) is 3.78. The van der Waals surface area contributed by atoms with E-state index < -0.39 is 0 Å². The van der Waals surface area contributed by atoms with Crippen LogP contribution < -0.4 is 5.32 Å². The van der Waals surface area contributed by atoms with E-state index in [4.69, 9.17) is 0 Å². The number of hydrogen-bond acceptors (Lipinski definition) is 5. The van der Waals surface area contributed by atoms with Crippen molar-refractivity contribution in [1.82, 2.24) is 20.2 Å². The maximum absolute atomic E-state index is 12.9. The molecule has 23 heavy (non-hydrogen) atoms. The number of nitrogens with one attached hydrogen (secondary N) is 1. The van der Waals surface area contributed by atoms with E-state index in [0.717, 1.165) is 25.8 Å². The molecule has 5 nitrogen and oxygen atoms in total. The Hall–Kier alpha value is -1.86. The van der Waals surface area contributed by atoms with E-state index in [1.807, 2.05) is 0 Å². The highest BCUT2D eigenvalue weighted by molar-refractivity contribution is 7.16. The van der Waals surface area contributed by atoms with Gasteiger partial charge in [0.25, 0.3) is 5.91 Å². The molecule has 0 saturated carbocycles. The third-order valence-corrected chi connectivity index (χ3v) is 5.67. The fraction of sp³-hybridized carbons (Fsp3) is 0.438. The minimum atomic E-state index is -0.384. The quantitative estimate of drug-likeness (QED) is 0.936. The predicted molar refractivity (Wildman–Crippen MR) is 85.7 cm³/mol. The van der Waals surface area contributed by atoms with E-state index in [1.54, 1.807) is 12.3 Å². The average molecular weight is 332 g/mol. The van der Waals surface area contributed by atoms with Crippen molar-refractivity contribution in [2.24, 2.45) is 5.92 Å². The highest BCUT2D eigenvalue weighted by Gasteiger charge is 2.35. The summed E-state index contributed by atoms with van der Waals surface area (Å²) in [6.45, 7) is 3.25. The number of amides is 1. The van der Waals surface area contributed by atoms with Crippen LogP contribution >= 0.6 is 11.3 Å². The Morgan fingerprint density at radius 2 is 2.09 bits per heavy atom. The maximum Gasteiger partial charge on any atom is 0.263 e. The molecule has 120 valence electrons. The summed E-state index contributed by atoms with van der Waals surface area (Å²) in [6, 6.07) is 3.15. The first-order chi connectivity index (χ1) is 11.2. The Morgan fingerprint density at radius 1 is 1.26 bits per heavy atom. The van der Waals surface area contributed by atoms with Crippen molar-refractivity contribution < 1.29 is 9.18 Å². The third kappa shape index (κ3) is 2.98. The molecule has 0 radical (unpaired) electrons. The van der Waals surface area contributed by atoms with Gasteiger partial charge in [-0.1, -0.05) is 0 Å². The smallest absolute Gasteiger partial charge is 0.263 e. The normalized spacial score (nSPS) is 26.2. The maximum atomic E-state index is 12.9. The van der Waals surface area contributed by atoms with Crippen molar-refractivity contribution in [2.75, 3.05) is 19.6 Å². The zero-order valence-electron chi connectivity index (χ0n) is 12.5. The molecule has 0 aromatic carbocycles. The molecule has 3 aliphatic rings. The molecule has 0 unspecified atom stereocenters. The van der Waals surface area contributed by atoms with Crippen molar-refractivity contribution in [1.29, 1.82) is 0 Å². The number of carbonyl (C=O) groups excluding carboxylic acids is 1. The van der Waals surface area contributed by atoms with E-state index in [1.165, 1.54) is 30.2 Å². The molecule has 2 aromatic rings. The molecule has 5 rings (SSSR count). The van der Waals surface area contributed by atoms with Gasteiger partial charge in [-0.15, -0.1) is 11.3 Å². The number of nitrogens with zero attached hydrogens (tertiary/aromatic N) is 3.